The highest BCUT2D eigenvalue weighted by Crippen LogP contribution is 2.25. The number of carbonyl (C=O) groups excluding carboxylic acids is 2. The quantitative estimate of drug-likeness (QED) is 0.509. The lowest BCUT2D eigenvalue weighted by Gasteiger charge is -2.31. The van der Waals surface area contributed by atoms with E-state index >= 15 is 0 Å². The normalized spacial score (nSPS) is 16.5. The molecule has 1 fully saturated rings. The summed E-state index contributed by atoms with van der Waals surface area (Å²) < 4.78 is 27.2. The van der Waals surface area contributed by atoms with Crippen LogP contribution in [0.2, 0.25) is 0 Å². The zero-order valence-electron chi connectivity index (χ0n) is 17.5. The van der Waals surface area contributed by atoms with E-state index in [0.29, 0.717) is 19.4 Å². The van der Waals surface area contributed by atoms with Crippen LogP contribution in [-0.2, 0) is 14.8 Å². The molecule has 1 aromatic rings. The number of sulfonamides is 1. The summed E-state index contributed by atoms with van der Waals surface area (Å²) in [5, 5.41) is 5.20. The van der Waals surface area contributed by atoms with E-state index in [1.165, 1.54) is 16.4 Å². The maximum atomic E-state index is 12.9. The summed E-state index contributed by atoms with van der Waals surface area (Å²) in [5.41, 5.74) is 5.48. The maximum Gasteiger partial charge on any atom is 0.250 e. The van der Waals surface area contributed by atoms with E-state index in [-0.39, 0.29) is 40.9 Å². The average Bonchev–Trinajstić information content (AvgIpc) is 2.66. The second kappa shape index (κ2) is 9.69. The number of rotatable bonds is 8. The van der Waals surface area contributed by atoms with Gasteiger partial charge in [0.1, 0.15) is 0 Å². The van der Waals surface area contributed by atoms with Crippen molar-refractivity contribution in [3.63, 3.8) is 0 Å². The summed E-state index contributed by atoms with van der Waals surface area (Å²) in [6.45, 7) is 8.49. The highest BCUT2D eigenvalue weighted by atomic mass is 32.2. The molecule has 29 heavy (non-hydrogen) atoms. The maximum absolute atomic E-state index is 12.9. The minimum absolute atomic E-state index is 0.0144. The summed E-state index contributed by atoms with van der Waals surface area (Å²) >= 11 is 0. The van der Waals surface area contributed by atoms with Crippen LogP contribution in [0.4, 0.5) is 0 Å². The number of nitrogens with zero attached hydrogens (tertiary/aromatic N) is 1. The smallest absolute Gasteiger partial charge is 0.250 e. The highest BCUT2D eigenvalue weighted by molar-refractivity contribution is 7.89. The van der Waals surface area contributed by atoms with Gasteiger partial charge in [-0.15, -0.1) is 0 Å². The molecule has 8 nitrogen and oxygen atoms in total. The number of amides is 2. The molecule has 0 unspecified atom stereocenters. The van der Waals surface area contributed by atoms with Gasteiger partial charge in [-0.3, -0.25) is 9.59 Å². The number of hydrogen-bond acceptors (Lipinski definition) is 4. The fourth-order valence-corrected chi connectivity index (χ4v) is 5.05. The molecule has 1 aliphatic rings. The van der Waals surface area contributed by atoms with Crippen molar-refractivity contribution in [2.24, 2.45) is 11.7 Å². The Kier molecular flexibility index (Phi) is 7.79. The standard InChI is InChI=1S/C20H32N4O4S/c1-20(2,3)23-12-6-11-22-19(26)15-9-13-24(14-10-15)29(27,28)17-8-5-4-7-16(17)18(21)25/h4-5,7-8,15,23H,6,9-14H2,1-3H3,(H2,21,25)(H,22,26)/p+1. The first-order chi connectivity index (χ1) is 13.5. The van der Waals surface area contributed by atoms with Crippen LogP contribution < -0.4 is 16.4 Å². The molecule has 1 aliphatic heterocycles. The Morgan fingerprint density at radius 2 is 1.83 bits per heavy atom. The molecule has 0 bridgehead atoms. The van der Waals surface area contributed by atoms with Crippen LogP contribution in [0.3, 0.4) is 0 Å². The molecule has 0 aromatic heterocycles. The van der Waals surface area contributed by atoms with Crippen LogP contribution in [-0.4, -0.2) is 56.3 Å². The lowest BCUT2D eigenvalue weighted by Crippen LogP contribution is -2.94. The SMILES string of the molecule is CC(C)(C)[NH2+]CCCNC(=O)C1CCN(S(=O)(=O)c2ccccc2C(N)=O)CC1. The van der Waals surface area contributed by atoms with E-state index in [0.717, 1.165) is 13.0 Å². The monoisotopic (exact) mass is 425 g/mol. The van der Waals surface area contributed by atoms with Gasteiger partial charge in [-0.1, -0.05) is 12.1 Å². The van der Waals surface area contributed by atoms with Gasteiger partial charge in [0.25, 0.3) is 0 Å². The minimum Gasteiger partial charge on any atom is -0.366 e. The number of nitrogens with one attached hydrogen (secondary N) is 1. The van der Waals surface area contributed by atoms with Gasteiger partial charge in [0.15, 0.2) is 0 Å². The van der Waals surface area contributed by atoms with Crippen molar-refractivity contribution in [2.75, 3.05) is 26.2 Å². The van der Waals surface area contributed by atoms with Crippen molar-refractivity contribution in [3.8, 4) is 0 Å². The third-order valence-electron chi connectivity index (χ3n) is 5.03. The summed E-state index contributed by atoms with van der Waals surface area (Å²) in [5.74, 6) is -0.989. The number of primary amides is 1. The Labute approximate surface area is 173 Å². The molecule has 0 atom stereocenters. The first-order valence-electron chi connectivity index (χ1n) is 10.0. The second-order valence-corrected chi connectivity index (χ2v) is 10.4. The molecule has 0 spiro atoms. The van der Waals surface area contributed by atoms with Gasteiger partial charge in [0, 0.05) is 32.0 Å². The number of nitrogens with two attached hydrogens (primary N) is 2. The Morgan fingerprint density at radius 3 is 2.41 bits per heavy atom. The molecular formula is C20H33N4O4S+. The van der Waals surface area contributed by atoms with E-state index in [1.54, 1.807) is 12.1 Å². The number of carbonyl (C=O) groups is 2. The largest absolute Gasteiger partial charge is 0.366 e. The molecule has 162 valence electrons. The Hall–Kier alpha value is -1.97. The van der Waals surface area contributed by atoms with Crippen molar-refractivity contribution in [1.82, 2.24) is 9.62 Å². The third-order valence-corrected chi connectivity index (χ3v) is 6.99. The van der Waals surface area contributed by atoms with Crippen molar-refractivity contribution < 1.29 is 23.3 Å². The van der Waals surface area contributed by atoms with Gasteiger partial charge in [0.2, 0.25) is 21.8 Å². The van der Waals surface area contributed by atoms with Crippen molar-refractivity contribution in [3.05, 3.63) is 29.8 Å². The lowest BCUT2D eigenvalue weighted by molar-refractivity contribution is -0.717. The van der Waals surface area contributed by atoms with Crippen LogP contribution in [0.15, 0.2) is 29.2 Å². The predicted octanol–water partition coefficient (Wildman–Crippen LogP) is 0.0544. The van der Waals surface area contributed by atoms with E-state index < -0.39 is 15.9 Å². The number of quaternary nitrogens is 1. The van der Waals surface area contributed by atoms with Crippen LogP contribution in [0.5, 0.6) is 0 Å². The summed E-state index contributed by atoms with van der Waals surface area (Å²) in [4.78, 5) is 23.9. The van der Waals surface area contributed by atoms with Gasteiger partial charge >= 0.3 is 0 Å². The average molecular weight is 426 g/mol. The van der Waals surface area contributed by atoms with Gasteiger partial charge in [0.05, 0.1) is 22.5 Å². The molecule has 1 saturated heterocycles. The Balaban J connectivity index is 1.87. The fraction of sp³-hybridized carbons (Fsp3) is 0.600. The van der Waals surface area contributed by atoms with Gasteiger partial charge in [-0.2, -0.15) is 4.31 Å². The highest BCUT2D eigenvalue weighted by Gasteiger charge is 2.33. The summed E-state index contributed by atoms with van der Waals surface area (Å²) in [7, 11) is -3.83. The molecule has 0 aliphatic carbocycles. The third kappa shape index (κ3) is 6.52. The van der Waals surface area contributed by atoms with Gasteiger partial charge in [-0.05, 0) is 45.7 Å². The van der Waals surface area contributed by atoms with E-state index in [4.69, 9.17) is 5.73 Å². The Morgan fingerprint density at radius 1 is 1.21 bits per heavy atom. The number of benzene rings is 1. The van der Waals surface area contributed by atoms with Crippen molar-refractivity contribution in [2.45, 2.75) is 50.5 Å². The lowest BCUT2D eigenvalue weighted by atomic mass is 9.97. The zero-order chi connectivity index (χ0) is 21.7. The first-order valence-corrected chi connectivity index (χ1v) is 11.5. The molecule has 1 heterocycles. The molecule has 2 amide bonds. The topological polar surface area (TPSA) is 126 Å². The van der Waals surface area contributed by atoms with Gasteiger partial charge in [-0.25, -0.2) is 8.42 Å². The van der Waals surface area contributed by atoms with E-state index in [9.17, 15) is 18.0 Å². The summed E-state index contributed by atoms with van der Waals surface area (Å²) in [6, 6.07) is 5.95. The molecule has 5 N–H and O–H groups in total. The second-order valence-electron chi connectivity index (χ2n) is 8.54. The first kappa shape index (κ1) is 23.3. The molecule has 9 heteroatoms. The van der Waals surface area contributed by atoms with Crippen molar-refractivity contribution in [1.29, 1.82) is 0 Å². The van der Waals surface area contributed by atoms with Crippen molar-refractivity contribution >= 4 is 21.8 Å². The molecule has 1 aromatic carbocycles. The van der Waals surface area contributed by atoms with Crippen LogP contribution in [0, 0.1) is 5.92 Å². The van der Waals surface area contributed by atoms with E-state index in [1.807, 2.05) is 0 Å². The van der Waals surface area contributed by atoms with E-state index in [2.05, 4.69) is 31.4 Å². The van der Waals surface area contributed by atoms with Crippen LogP contribution in [0.25, 0.3) is 0 Å². The van der Waals surface area contributed by atoms with Crippen LogP contribution in [0.1, 0.15) is 50.4 Å². The molecule has 0 radical (unpaired) electrons. The number of hydrogen-bond donors (Lipinski definition) is 3. The molecular weight excluding hydrogens is 392 g/mol. The fourth-order valence-electron chi connectivity index (χ4n) is 3.39. The predicted molar refractivity (Wildman–Crippen MR) is 111 cm³/mol. The molecule has 0 saturated carbocycles. The van der Waals surface area contributed by atoms with Gasteiger partial charge < -0.3 is 16.4 Å². The van der Waals surface area contributed by atoms with Crippen LogP contribution >= 0.6 is 0 Å². The summed E-state index contributed by atoms with van der Waals surface area (Å²) in [6.07, 6.45) is 1.80. The number of piperidine rings is 1. The zero-order valence-corrected chi connectivity index (χ0v) is 18.3. The molecule has 2 rings (SSSR count). The Bertz CT molecular complexity index is 825. The minimum atomic E-state index is -3.83.